The van der Waals surface area contributed by atoms with E-state index >= 15 is 0 Å². The molecule has 1 aliphatic carbocycles. The molecule has 1 fully saturated rings. The van der Waals surface area contributed by atoms with Gasteiger partial charge in [0.1, 0.15) is 5.70 Å². The standard InChI is InChI=1S/C11H17F3N2/c1-3-16-9-7(2)5-4-6-8(9)10(15)11(12,13)14/h7H,3-6,15H2,1-2H3. The van der Waals surface area contributed by atoms with Gasteiger partial charge in [0.05, 0.1) is 0 Å². The molecule has 0 spiro atoms. The van der Waals surface area contributed by atoms with Gasteiger partial charge in [-0.3, -0.25) is 4.99 Å². The molecular weight excluding hydrogens is 217 g/mol. The third kappa shape index (κ3) is 2.77. The van der Waals surface area contributed by atoms with Gasteiger partial charge in [-0.2, -0.15) is 13.2 Å². The number of halogens is 3. The topological polar surface area (TPSA) is 38.4 Å². The van der Waals surface area contributed by atoms with Crippen LogP contribution in [0.2, 0.25) is 0 Å². The lowest BCUT2D eigenvalue weighted by molar-refractivity contribution is -0.0933. The molecule has 0 amide bonds. The maximum absolute atomic E-state index is 12.5. The van der Waals surface area contributed by atoms with Crippen LogP contribution in [0.1, 0.15) is 33.1 Å². The van der Waals surface area contributed by atoms with Crippen molar-refractivity contribution in [2.45, 2.75) is 39.3 Å². The molecule has 1 aliphatic rings. The van der Waals surface area contributed by atoms with Gasteiger partial charge in [0.15, 0.2) is 0 Å². The maximum atomic E-state index is 12.5. The van der Waals surface area contributed by atoms with E-state index in [-0.39, 0.29) is 11.5 Å². The second-order valence-corrected chi connectivity index (χ2v) is 4.04. The van der Waals surface area contributed by atoms with Crippen molar-refractivity contribution in [3.63, 3.8) is 0 Å². The fourth-order valence-corrected chi connectivity index (χ4v) is 2.01. The summed E-state index contributed by atoms with van der Waals surface area (Å²) in [6, 6.07) is 0. The monoisotopic (exact) mass is 234 g/mol. The molecule has 0 aliphatic heterocycles. The molecule has 1 unspecified atom stereocenters. The summed E-state index contributed by atoms with van der Waals surface area (Å²) in [5.74, 6) is 0.0737. The van der Waals surface area contributed by atoms with Crippen LogP contribution in [0.25, 0.3) is 0 Å². The van der Waals surface area contributed by atoms with Crippen LogP contribution in [0.3, 0.4) is 0 Å². The third-order valence-corrected chi connectivity index (χ3v) is 2.80. The minimum atomic E-state index is -4.44. The van der Waals surface area contributed by atoms with E-state index < -0.39 is 11.9 Å². The molecule has 2 N–H and O–H groups in total. The lowest BCUT2D eigenvalue weighted by Crippen LogP contribution is -2.29. The highest BCUT2D eigenvalue weighted by atomic mass is 19.4. The van der Waals surface area contributed by atoms with Crippen molar-refractivity contribution in [2.75, 3.05) is 6.54 Å². The molecule has 1 saturated carbocycles. The van der Waals surface area contributed by atoms with Crippen molar-refractivity contribution < 1.29 is 13.2 Å². The lowest BCUT2D eigenvalue weighted by atomic mass is 9.83. The van der Waals surface area contributed by atoms with Crippen LogP contribution in [0, 0.1) is 5.92 Å². The van der Waals surface area contributed by atoms with Crippen LogP contribution in [0.5, 0.6) is 0 Å². The average Bonchev–Trinajstić information content (AvgIpc) is 2.19. The van der Waals surface area contributed by atoms with Crippen LogP contribution < -0.4 is 5.73 Å². The van der Waals surface area contributed by atoms with Crippen LogP contribution >= 0.6 is 0 Å². The summed E-state index contributed by atoms with van der Waals surface area (Å²) in [6.07, 6.45) is -2.43. The van der Waals surface area contributed by atoms with Crippen molar-refractivity contribution in [1.82, 2.24) is 0 Å². The zero-order valence-electron chi connectivity index (χ0n) is 9.56. The Kier molecular flexibility index (Phi) is 3.99. The van der Waals surface area contributed by atoms with Crippen molar-refractivity contribution in [2.24, 2.45) is 16.6 Å². The molecule has 0 saturated heterocycles. The Morgan fingerprint density at radius 3 is 2.62 bits per heavy atom. The quantitative estimate of drug-likeness (QED) is 0.744. The Balaban J connectivity index is 3.14. The van der Waals surface area contributed by atoms with Gasteiger partial charge in [0.2, 0.25) is 0 Å². The molecule has 1 atom stereocenters. The van der Waals surface area contributed by atoms with Gasteiger partial charge in [-0.15, -0.1) is 0 Å². The van der Waals surface area contributed by atoms with E-state index in [1.165, 1.54) is 0 Å². The van der Waals surface area contributed by atoms with Crippen molar-refractivity contribution >= 4 is 5.71 Å². The Labute approximate surface area is 93.4 Å². The zero-order valence-corrected chi connectivity index (χ0v) is 9.56. The predicted octanol–water partition coefficient (Wildman–Crippen LogP) is 3.04. The molecule has 2 nitrogen and oxygen atoms in total. The van der Waals surface area contributed by atoms with Gasteiger partial charge < -0.3 is 5.73 Å². The smallest absolute Gasteiger partial charge is 0.394 e. The second-order valence-electron chi connectivity index (χ2n) is 4.04. The summed E-state index contributed by atoms with van der Waals surface area (Å²) >= 11 is 0. The van der Waals surface area contributed by atoms with Crippen LogP contribution in [-0.4, -0.2) is 18.4 Å². The fourth-order valence-electron chi connectivity index (χ4n) is 2.01. The summed E-state index contributed by atoms with van der Waals surface area (Å²) in [5, 5.41) is 0. The SMILES string of the molecule is CCN=C1C(=C(N)C(F)(F)F)CCCC1C. The minimum absolute atomic E-state index is 0.0737. The Morgan fingerprint density at radius 1 is 1.50 bits per heavy atom. The molecule has 0 bridgehead atoms. The largest absolute Gasteiger partial charge is 0.431 e. The first-order valence-electron chi connectivity index (χ1n) is 5.48. The highest BCUT2D eigenvalue weighted by Gasteiger charge is 2.36. The highest BCUT2D eigenvalue weighted by Crippen LogP contribution is 2.33. The lowest BCUT2D eigenvalue weighted by Gasteiger charge is -2.25. The summed E-state index contributed by atoms with van der Waals surface area (Å²) in [6.45, 7) is 4.21. The molecule has 92 valence electrons. The molecule has 0 aromatic rings. The number of aliphatic imine (C=N–C) groups is 1. The number of allylic oxidation sites excluding steroid dienone is 2. The van der Waals surface area contributed by atoms with Crippen LogP contribution in [-0.2, 0) is 0 Å². The summed E-state index contributed by atoms with van der Waals surface area (Å²) in [7, 11) is 0. The first-order chi connectivity index (χ1) is 7.38. The van der Waals surface area contributed by atoms with E-state index in [4.69, 9.17) is 5.73 Å². The molecule has 1 rings (SSSR count). The van der Waals surface area contributed by atoms with Crippen LogP contribution in [0.15, 0.2) is 16.3 Å². The number of hydrogen-bond acceptors (Lipinski definition) is 2. The summed E-state index contributed by atoms with van der Waals surface area (Å²) in [4.78, 5) is 4.16. The summed E-state index contributed by atoms with van der Waals surface area (Å²) < 4.78 is 37.6. The first-order valence-corrected chi connectivity index (χ1v) is 5.48. The van der Waals surface area contributed by atoms with Gasteiger partial charge in [-0.1, -0.05) is 6.92 Å². The minimum Gasteiger partial charge on any atom is -0.394 e. The van der Waals surface area contributed by atoms with Gasteiger partial charge in [0, 0.05) is 17.8 Å². The van der Waals surface area contributed by atoms with Crippen molar-refractivity contribution in [3.05, 3.63) is 11.3 Å². The highest BCUT2D eigenvalue weighted by molar-refractivity contribution is 6.03. The van der Waals surface area contributed by atoms with Crippen molar-refractivity contribution in [3.8, 4) is 0 Å². The number of alkyl halides is 3. The number of nitrogens with zero attached hydrogens (tertiary/aromatic N) is 1. The number of rotatable bonds is 1. The van der Waals surface area contributed by atoms with E-state index in [9.17, 15) is 13.2 Å². The zero-order chi connectivity index (χ0) is 12.3. The second kappa shape index (κ2) is 4.89. The predicted molar refractivity (Wildman–Crippen MR) is 58.3 cm³/mol. The Morgan fingerprint density at radius 2 is 2.12 bits per heavy atom. The molecule has 0 aromatic carbocycles. The van der Waals surface area contributed by atoms with E-state index in [1.807, 2.05) is 13.8 Å². The van der Waals surface area contributed by atoms with E-state index in [1.54, 1.807) is 0 Å². The number of nitrogens with two attached hydrogens (primary N) is 1. The molecule has 0 aromatic heterocycles. The molecule has 0 radical (unpaired) electrons. The average molecular weight is 234 g/mol. The van der Waals surface area contributed by atoms with Gasteiger partial charge in [0.25, 0.3) is 0 Å². The fraction of sp³-hybridized carbons (Fsp3) is 0.727. The molecule has 0 heterocycles. The summed E-state index contributed by atoms with van der Waals surface area (Å²) in [5.41, 5.74) is 4.96. The van der Waals surface area contributed by atoms with E-state index in [2.05, 4.69) is 4.99 Å². The van der Waals surface area contributed by atoms with Gasteiger partial charge in [-0.25, -0.2) is 0 Å². The van der Waals surface area contributed by atoms with Crippen LogP contribution in [0.4, 0.5) is 13.2 Å². The Bertz CT molecular complexity index is 316. The van der Waals surface area contributed by atoms with E-state index in [0.29, 0.717) is 18.7 Å². The molecule has 5 heteroatoms. The first kappa shape index (κ1) is 13.1. The van der Waals surface area contributed by atoms with Gasteiger partial charge >= 0.3 is 6.18 Å². The van der Waals surface area contributed by atoms with Gasteiger partial charge in [-0.05, 0) is 32.1 Å². The van der Waals surface area contributed by atoms with Crippen molar-refractivity contribution in [1.29, 1.82) is 0 Å². The molecule has 16 heavy (non-hydrogen) atoms. The maximum Gasteiger partial charge on any atom is 0.431 e. The number of hydrogen-bond donors (Lipinski definition) is 1. The normalized spacial score (nSPS) is 28.3. The Hall–Kier alpha value is -1.00. The van der Waals surface area contributed by atoms with E-state index in [0.717, 1.165) is 12.8 Å². The molecular formula is C11H17F3N2. The third-order valence-electron chi connectivity index (χ3n) is 2.80.